The van der Waals surface area contributed by atoms with Crippen LogP contribution in [0.15, 0.2) is 30.7 Å². The molecule has 120 valence electrons. The number of carbonyl (C=O) groups excluding carboxylic acids is 1. The first-order chi connectivity index (χ1) is 11.3. The highest BCUT2D eigenvalue weighted by atomic mass is 16.2. The summed E-state index contributed by atoms with van der Waals surface area (Å²) in [6.45, 7) is 1.74. The molecule has 0 bridgehead atoms. The summed E-state index contributed by atoms with van der Waals surface area (Å²) in [6.07, 6.45) is 9.16. The van der Waals surface area contributed by atoms with E-state index in [1.807, 2.05) is 23.4 Å². The minimum Gasteiger partial charge on any atom is -0.327 e. The SMILES string of the molecule is O=C(c1ccccn1)N1CCCC[C@H]1c1nncn1CC1CC1. The Labute approximate surface area is 135 Å². The molecule has 1 saturated carbocycles. The Hall–Kier alpha value is -2.24. The molecule has 1 aliphatic heterocycles. The fourth-order valence-electron chi connectivity index (χ4n) is 3.32. The molecular formula is C17H21N5O. The van der Waals surface area contributed by atoms with E-state index in [0.29, 0.717) is 5.69 Å². The van der Waals surface area contributed by atoms with Gasteiger partial charge in [-0.2, -0.15) is 0 Å². The molecule has 1 atom stereocenters. The van der Waals surface area contributed by atoms with E-state index in [1.54, 1.807) is 12.3 Å². The summed E-state index contributed by atoms with van der Waals surface area (Å²) < 4.78 is 2.15. The molecule has 2 aliphatic rings. The summed E-state index contributed by atoms with van der Waals surface area (Å²) in [4.78, 5) is 19.0. The molecule has 23 heavy (non-hydrogen) atoms. The van der Waals surface area contributed by atoms with Gasteiger partial charge in [-0.05, 0) is 50.2 Å². The molecule has 0 spiro atoms. The van der Waals surface area contributed by atoms with Gasteiger partial charge in [0.1, 0.15) is 12.0 Å². The molecule has 2 aromatic heterocycles. The van der Waals surface area contributed by atoms with Crippen LogP contribution in [0.1, 0.15) is 54.5 Å². The Morgan fingerprint density at radius 1 is 1.22 bits per heavy atom. The predicted octanol–water partition coefficient (Wildman–Crippen LogP) is 2.45. The molecule has 2 aromatic rings. The van der Waals surface area contributed by atoms with Gasteiger partial charge in [0, 0.05) is 19.3 Å². The number of pyridine rings is 1. The maximum Gasteiger partial charge on any atom is 0.273 e. The maximum atomic E-state index is 12.9. The van der Waals surface area contributed by atoms with Crippen molar-refractivity contribution in [3.8, 4) is 0 Å². The lowest BCUT2D eigenvalue weighted by atomic mass is 10.0. The van der Waals surface area contributed by atoms with E-state index in [9.17, 15) is 4.79 Å². The van der Waals surface area contributed by atoms with Gasteiger partial charge in [-0.1, -0.05) is 6.07 Å². The molecule has 2 fully saturated rings. The van der Waals surface area contributed by atoms with E-state index in [-0.39, 0.29) is 11.9 Å². The largest absolute Gasteiger partial charge is 0.327 e. The predicted molar refractivity (Wildman–Crippen MR) is 84.6 cm³/mol. The normalized spacial score (nSPS) is 21.4. The fraction of sp³-hybridized carbons (Fsp3) is 0.529. The number of aromatic nitrogens is 4. The average molecular weight is 311 g/mol. The second-order valence-electron chi connectivity index (χ2n) is 6.51. The topological polar surface area (TPSA) is 63.9 Å². The van der Waals surface area contributed by atoms with Crippen LogP contribution in [0, 0.1) is 5.92 Å². The standard InChI is InChI=1S/C17H21N5O/c23-17(14-5-1-3-9-18-14)22-10-4-2-6-15(22)16-20-19-12-21(16)11-13-7-8-13/h1,3,5,9,12-13,15H,2,4,6-8,10-11H2/t15-/m0/s1. The number of rotatable bonds is 4. The van der Waals surface area contributed by atoms with Crippen LogP contribution >= 0.6 is 0 Å². The highest BCUT2D eigenvalue weighted by Crippen LogP contribution is 2.34. The zero-order valence-electron chi connectivity index (χ0n) is 13.1. The van der Waals surface area contributed by atoms with Crippen LogP contribution in [0.25, 0.3) is 0 Å². The van der Waals surface area contributed by atoms with E-state index in [2.05, 4.69) is 19.7 Å². The van der Waals surface area contributed by atoms with Gasteiger partial charge in [0.2, 0.25) is 0 Å². The average Bonchev–Trinajstić information content (AvgIpc) is 3.30. The zero-order valence-corrected chi connectivity index (χ0v) is 13.1. The number of hydrogen-bond donors (Lipinski definition) is 0. The van der Waals surface area contributed by atoms with Crippen LogP contribution in [-0.2, 0) is 6.54 Å². The molecule has 3 heterocycles. The second kappa shape index (κ2) is 6.10. The van der Waals surface area contributed by atoms with Gasteiger partial charge in [0.15, 0.2) is 5.82 Å². The second-order valence-corrected chi connectivity index (χ2v) is 6.51. The molecule has 0 N–H and O–H groups in total. The van der Waals surface area contributed by atoms with Crippen molar-refractivity contribution in [2.75, 3.05) is 6.54 Å². The molecule has 0 unspecified atom stereocenters. The van der Waals surface area contributed by atoms with Crippen LogP contribution in [0.4, 0.5) is 0 Å². The Kier molecular flexibility index (Phi) is 3.81. The summed E-state index contributed by atoms with van der Waals surface area (Å²) >= 11 is 0. The first kappa shape index (κ1) is 14.4. The Balaban J connectivity index is 1.60. The Morgan fingerprint density at radius 3 is 2.91 bits per heavy atom. The minimum absolute atomic E-state index is 0.00345. The molecule has 6 nitrogen and oxygen atoms in total. The van der Waals surface area contributed by atoms with Gasteiger partial charge >= 0.3 is 0 Å². The zero-order chi connectivity index (χ0) is 15.6. The number of hydrogen-bond acceptors (Lipinski definition) is 4. The van der Waals surface area contributed by atoms with E-state index in [4.69, 9.17) is 0 Å². The third-order valence-electron chi connectivity index (χ3n) is 4.74. The van der Waals surface area contributed by atoms with Crippen molar-refractivity contribution in [2.45, 2.75) is 44.7 Å². The van der Waals surface area contributed by atoms with E-state index in [0.717, 1.165) is 44.1 Å². The van der Waals surface area contributed by atoms with Crippen molar-refractivity contribution in [3.05, 3.63) is 42.2 Å². The van der Waals surface area contributed by atoms with Crippen LogP contribution in [0.5, 0.6) is 0 Å². The first-order valence-electron chi connectivity index (χ1n) is 8.42. The maximum absolute atomic E-state index is 12.9. The lowest BCUT2D eigenvalue weighted by molar-refractivity contribution is 0.0588. The lowest BCUT2D eigenvalue weighted by Gasteiger charge is -2.35. The summed E-state index contributed by atoms with van der Waals surface area (Å²) in [5, 5.41) is 8.45. The van der Waals surface area contributed by atoms with Crippen molar-refractivity contribution < 1.29 is 4.79 Å². The Bertz CT molecular complexity index is 679. The van der Waals surface area contributed by atoms with Crippen LogP contribution in [0.2, 0.25) is 0 Å². The molecule has 6 heteroatoms. The van der Waals surface area contributed by atoms with Gasteiger partial charge < -0.3 is 9.47 Å². The fourth-order valence-corrected chi connectivity index (χ4v) is 3.32. The lowest BCUT2D eigenvalue weighted by Crippen LogP contribution is -2.40. The van der Waals surface area contributed by atoms with Gasteiger partial charge in [-0.3, -0.25) is 9.78 Å². The number of piperidine rings is 1. The van der Waals surface area contributed by atoms with Crippen LogP contribution in [0.3, 0.4) is 0 Å². The summed E-state index contributed by atoms with van der Waals surface area (Å²) in [6, 6.07) is 5.48. The summed E-state index contributed by atoms with van der Waals surface area (Å²) in [5.74, 6) is 1.69. The highest BCUT2D eigenvalue weighted by Gasteiger charge is 2.33. The van der Waals surface area contributed by atoms with Crippen molar-refractivity contribution >= 4 is 5.91 Å². The minimum atomic E-state index is -0.00345. The molecule has 0 aromatic carbocycles. The third-order valence-corrected chi connectivity index (χ3v) is 4.74. The molecule has 0 radical (unpaired) electrons. The van der Waals surface area contributed by atoms with E-state index < -0.39 is 0 Å². The first-order valence-corrected chi connectivity index (χ1v) is 8.42. The third kappa shape index (κ3) is 2.98. The van der Waals surface area contributed by atoms with Crippen molar-refractivity contribution in [3.63, 3.8) is 0 Å². The monoisotopic (exact) mass is 311 g/mol. The molecule has 1 aliphatic carbocycles. The summed E-state index contributed by atoms with van der Waals surface area (Å²) in [7, 11) is 0. The van der Waals surface area contributed by atoms with Gasteiger partial charge in [0.05, 0.1) is 6.04 Å². The molecule has 4 rings (SSSR count). The number of carbonyl (C=O) groups is 1. The van der Waals surface area contributed by atoms with Gasteiger partial charge in [0.25, 0.3) is 5.91 Å². The van der Waals surface area contributed by atoms with Crippen LogP contribution in [-0.4, -0.2) is 37.1 Å². The highest BCUT2D eigenvalue weighted by molar-refractivity contribution is 5.92. The van der Waals surface area contributed by atoms with E-state index >= 15 is 0 Å². The number of nitrogens with zero attached hydrogens (tertiary/aromatic N) is 5. The quantitative estimate of drug-likeness (QED) is 0.870. The Morgan fingerprint density at radius 2 is 2.13 bits per heavy atom. The molecule has 1 saturated heterocycles. The number of likely N-dealkylation sites (tertiary alicyclic amines) is 1. The smallest absolute Gasteiger partial charge is 0.273 e. The van der Waals surface area contributed by atoms with Crippen LogP contribution < -0.4 is 0 Å². The summed E-state index contributed by atoms with van der Waals surface area (Å²) in [5.41, 5.74) is 0.507. The van der Waals surface area contributed by atoms with Crippen molar-refractivity contribution in [1.82, 2.24) is 24.6 Å². The number of amides is 1. The van der Waals surface area contributed by atoms with Gasteiger partial charge in [-0.25, -0.2) is 0 Å². The van der Waals surface area contributed by atoms with E-state index in [1.165, 1.54) is 12.8 Å². The van der Waals surface area contributed by atoms with Crippen molar-refractivity contribution in [1.29, 1.82) is 0 Å². The van der Waals surface area contributed by atoms with Crippen molar-refractivity contribution in [2.24, 2.45) is 5.92 Å². The van der Waals surface area contributed by atoms with Gasteiger partial charge in [-0.15, -0.1) is 10.2 Å². The molecular weight excluding hydrogens is 290 g/mol. The molecule has 1 amide bonds.